The zero-order valence-corrected chi connectivity index (χ0v) is 19.3. The van der Waals surface area contributed by atoms with Crippen molar-refractivity contribution in [3.63, 3.8) is 0 Å². The lowest BCUT2D eigenvalue weighted by Gasteiger charge is -2.18. The minimum absolute atomic E-state index is 0.178. The van der Waals surface area contributed by atoms with Gasteiger partial charge in [0, 0.05) is 30.2 Å². The summed E-state index contributed by atoms with van der Waals surface area (Å²) in [5.41, 5.74) is 2.32. The highest BCUT2D eigenvalue weighted by Gasteiger charge is 2.32. The number of carbonyl (C=O) groups is 1. The van der Waals surface area contributed by atoms with Crippen molar-refractivity contribution < 1.29 is 27.4 Å². The molecule has 1 atom stereocenters. The smallest absolute Gasteiger partial charge is 0.416 e. The van der Waals surface area contributed by atoms with E-state index in [2.05, 4.69) is 9.88 Å². The van der Waals surface area contributed by atoms with Gasteiger partial charge in [0.1, 0.15) is 11.8 Å². The molecule has 0 aliphatic rings. The van der Waals surface area contributed by atoms with E-state index in [1.165, 1.54) is 19.2 Å². The van der Waals surface area contributed by atoms with Gasteiger partial charge < -0.3 is 14.0 Å². The SMILES string of the molecule is COC(=O)C(NCc1cn(Cc2ccccc2)c2ccc(OC)cc12)c1cccc(C(F)(F)F)c1. The number of hydrogen-bond donors (Lipinski definition) is 1. The predicted molar refractivity (Wildman–Crippen MR) is 127 cm³/mol. The number of rotatable bonds is 8. The molecular formula is C27H25F3N2O3. The number of alkyl halides is 3. The van der Waals surface area contributed by atoms with Crippen molar-refractivity contribution in [1.29, 1.82) is 0 Å². The Morgan fingerprint density at radius 2 is 1.77 bits per heavy atom. The van der Waals surface area contributed by atoms with E-state index in [-0.39, 0.29) is 12.1 Å². The van der Waals surface area contributed by atoms with Crippen LogP contribution < -0.4 is 10.1 Å². The average Bonchev–Trinajstić information content (AvgIpc) is 3.20. The first-order valence-corrected chi connectivity index (χ1v) is 11.0. The van der Waals surface area contributed by atoms with Crippen molar-refractivity contribution in [2.75, 3.05) is 14.2 Å². The Bertz CT molecular complexity index is 1320. The molecule has 0 spiro atoms. The van der Waals surface area contributed by atoms with Crippen molar-refractivity contribution in [3.8, 4) is 5.75 Å². The van der Waals surface area contributed by atoms with Gasteiger partial charge in [0.2, 0.25) is 0 Å². The molecule has 35 heavy (non-hydrogen) atoms. The van der Waals surface area contributed by atoms with Gasteiger partial charge >= 0.3 is 12.1 Å². The van der Waals surface area contributed by atoms with Crippen molar-refractivity contribution in [2.45, 2.75) is 25.3 Å². The van der Waals surface area contributed by atoms with Gasteiger partial charge in [0.25, 0.3) is 0 Å². The first-order valence-electron chi connectivity index (χ1n) is 11.0. The number of nitrogens with one attached hydrogen (secondary N) is 1. The summed E-state index contributed by atoms with van der Waals surface area (Å²) in [7, 11) is 2.79. The van der Waals surface area contributed by atoms with Crippen molar-refractivity contribution in [3.05, 3.63) is 101 Å². The highest BCUT2D eigenvalue weighted by Crippen LogP contribution is 2.32. The molecule has 0 bridgehead atoms. The number of halogens is 3. The van der Waals surface area contributed by atoms with E-state index in [1.807, 2.05) is 54.7 Å². The molecule has 1 unspecified atom stereocenters. The van der Waals surface area contributed by atoms with E-state index in [4.69, 9.17) is 9.47 Å². The van der Waals surface area contributed by atoms with Gasteiger partial charge in [0.15, 0.2) is 0 Å². The number of esters is 1. The maximum Gasteiger partial charge on any atom is 0.416 e. The molecule has 8 heteroatoms. The normalized spacial score (nSPS) is 12.5. The second kappa shape index (κ2) is 10.2. The monoisotopic (exact) mass is 482 g/mol. The summed E-state index contributed by atoms with van der Waals surface area (Å²) in [5.74, 6) is 0.00790. The number of methoxy groups -OCH3 is 2. The van der Waals surface area contributed by atoms with E-state index in [0.717, 1.165) is 34.2 Å². The predicted octanol–water partition coefficient (Wildman–Crippen LogP) is 5.72. The quantitative estimate of drug-likeness (QED) is 0.327. The number of benzene rings is 3. The van der Waals surface area contributed by atoms with Gasteiger partial charge in [-0.1, -0.05) is 42.5 Å². The Balaban J connectivity index is 1.67. The minimum Gasteiger partial charge on any atom is -0.497 e. The number of fused-ring (bicyclic) bond motifs is 1. The van der Waals surface area contributed by atoms with Crippen LogP contribution in [0, 0.1) is 0 Å². The fraction of sp³-hybridized carbons (Fsp3) is 0.222. The van der Waals surface area contributed by atoms with Gasteiger partial charge in [-0.15, -0.1) is 0 Å². The van der Waals surface area contributed by atoms with E-state index in [1.54, 1.807) is 7.11 Å². The fourth-order valence-electron chi connectivity index (χ4n) is 4.09. The van der Waals surface area contributed by atoms with Crippen LogP contribution in [-0.4, -0.2) is 24.8 Å². The molecule has 0 fully saturated rings. The number of hydrogen-bond acceptors (Lipinski definition) is 4. The minimum atomic E-state index is -4.52. The Kier molecular flexibility index (Phi) is 7.12. The molecule has 0 aliphatic carbocycles. The van der Waals surface area contributed by atoms with Gasteiger partial charge in [-0.2, -0.15) is 13.2 Å². The van der Waals surface area contributed by atoms with E-state index < -0.39 is 23.8 Å². The molecule has 0 aliphatic heterocycles. The highest BCUT2D eigenvalue weighted by atomic mass is 19.4. The van der Waals surface area contributed by atoms with Crippen molar-refractivity contribution >= 4 is 16.9 Å². The molecule has 4 aromatic rings. The van der Waals surface area contributed by atoms with Crippen LogP contribution in [0.4, 0.5) is 13.2 Å². The van der Waals surface area contributed by atoms with Crippen LogP contribution in [0.25, 0.3) is 10.9 Å². The molecule has 0 radical (unpaired) electrons. The van der Waals surface area contributed by atoms with Crippen molar-refractivity contribution in [1.82, 2.24) is 9.88 Å². The Morgan fingerprint density at radius 1 is 1.00 bits per heavy atom. The topological polar surface area (TPSA) is 52.5 Å². The Morgan fingerprint density at radius 3 is 2.46 bits per heavy atom. The third kappa shape index (κ3) is 5.49. The molecule has 3 aromatic carbocycles. The molecule has 1 heterocycles. The molecule has 0 saturated heterocycles. The van der Waals surface area contributed by atoms with Crippen LogP contribution in [0.2, 0.25) is 0 Å². The lowest BCUT2D eigenvalue weighted by Crippen LogP contribution is -2.29. The third-order valence-corrected chi connectivity index (χ3v) is 5.85. The Hall–Kier alpha value is -3.78. The second-order valence-corrected chi connectivity index (χ2v) is 8.11. The highest BCUT2D eigenvalue weighted by molar-refractivity contribution is 5.86. The molecule has 0 amide bonds. The number of ether oxygens (including phenoxy) is 2. The van der Waals surface area contributed by atoms with Crippen LogP contribution >= 0.6 is 0 Å². The summed E-state index contributed by atoms with van der Waals surface area (Å²) in [6.07, 6.45) is -2.54. The lowest BCUT2D eigenvalue weighted by molar-refractivity contribution is -0.144. The first kappa shape index (κ1) is 24.3. The zero-order valence-electron chi connectivity index (χ0n) is 19.3. The summed E-state index contributed by atoms with van der Waals surface area (Å²) in [5, 5.41) is 4.01. The fourth-order valence-corrected chi connectivity index (χ4v) is 4.09. The largest absolute Gasteiger partial charge is 0.497 e. The van der Waals surface area contributed by atoms with Crippen LogP contribution in [0.5, 0.6) is 5.75 Å². The second-order valence-electron chi connectivity index (χ2n) is 8.11. The summed E-state index contributed by atoms with van der Waals surface area (Å²) in [6.45, 7) is 0.860. The zero-order chi connectivity index (χ0) is 25.0. The summed E-state index contributed by atoms with van der Waals surface area (Å²) in [4.78, 5) is 12.5. The van der Waals surface area contributed by atoms with E-state index >= 15 is 0 Å². The Labute approximate surface area is 201 Å². The number of nitrogens with zero attached hydrogens (tertiary/aromatic N) is 1. The van der Waals surface area contributed by atoms with Crippen LogP contribution in [0.15, 0.2) is 79.0 Å². The number of carbonyl (C=O) groups excluding carboxylic acids is 1. The molecule has 182 valence electrons. The van der Waals surface area contributed by atoms with Gasteiger partial charge in [-0.3, -0.25) is 5.32 Å². The third-order valence-electron chi connectivity index (χ3n) is 5.85. The molecule has 5 nitrogen and oxygen atoms in total. The average molecular weight is 483 g/mol. The van der Waals surface area contributed by atoms with Crippen LogP contribution in [-0.2, 0) is 28.8 Å². The van der Waals surface area contributed by atoms with Crippen LogP contribution in [0.1, 0.15) is 28.3 Å². The van der Waals surface area contributed by atoms with Crippen LogP contribution in [0.3, 0.4) is 0 Å². The van der Waals surface area contributed by atoms with E-state index in [0.29, 0.717) is 12.3 Å². The maximum absolute atomic E-state index is 13.2. The first-order chi connectivity index (χ1) is 16.8. The molecule has 4 rings (SSSR count). The molecule has 1 aromatic heterocycles. The summed E-state index contributed by atoms with van der Waals surface area (Å²) in [6, 6.07) is 19.4. The molecular weight excluding hydrogens is 457 g/mol. The maximum atomic E-state index is 13.2. The van der Waals surface area contributed by atoms with Crippen molar-refractivity contribution in [2.24, 2.45) is 0 Å². The van der Waals surface area contributed by atoms with Gasteiger partial charge in [-0.25, -0.2) is 4.79 Å². The standard InChI is InChI=1S/C27H25F3N2O3/c1-34-22-11-12-24-23(14-22)20(17-32(24)16-18-7-4-3-5-8-18)15-31-25(26(33)35-2)19-9-6-10-21(13-19)27(28,29)30/h3-14,17,25,31H,15-16H2,1-2H3. The van der Waals surface area contributed by atoms with Gasteiger partial charge in [0.05, 0.1) is 19.8 Å². The lowest BCUT2D eigenvalue weighted by atomic mass is 10.0. The summed E-state index contributed by atoms with van der Waals surface area (Å²) >= 11 is 0. The molecule has 1 N–H and O–H groups in total. The summed E-state index contributed by atoms with van der Waals surface area (Å²) < 4.78 is 52.1. The van der Waals surface area contributed by atoms with E-state index in [9.17, 15) is 18.0 Å². The van der Waals surface area contributed by atoms with Gasteiger partial charge in [-0.05, 0) is 47.0 Å². The number of aromatic nitrogens is 1. The molecule has 0 saturated carbocycles.